The molecule has 1 heterocycles. The van der Waals surface area contributed by atoms with E-state index in [-0.39, 0.29) is 11.3 Å². The fraction of sp³-hybridized carbons (Fsp3) is 0.545. The van der Waals surface area contributed by atoms with Gasteiger partial charge in [0.25, 0.3) is 0 Å². The summed E-state index contributed by atoms with van der Waals surface area (Å²) in [5.41, 5.74) is 0.827. The van der Waals surface area contributed by atoms with E-state index in [4.69, 9.17) is 0 Å². The minimum absolute atomic E-state index is 0.0593. The van der Waals surface area contributed by atoms with Gasteiger partial charge in [0, 0.05) is 32.5 Å². The Kier molecular flexibility index (Phi) is 3.91. The van der Waals surface area contributed by atoms with Crippen molar-refractivity contribution in [2.45, 2.75) is 20.4 Å². The predicted octanol–water partition coefficient (Wildman–Crippen LogP) is 0.876. The minimum Gasteiger partial charge on any atom is -0.367 e. The van der Waals surface area contributed by atoms with Crippen molar-refractivity contribution in [1.82, 2.24) is 15.6 Å². The number of carbonyl (C=O) groups is 1. The van der Waals surface area contributed by atoms with Crippen LogP contribution in [0, 0.1) is 5.41 Å². The zero-order valence-corrected chi connectivity index (χ0v) is 9.55. The first-order chi connectivity index (χ1) is 7.06. The molecule has 0 aliphatic rings. The van der Waals surface area contributed by atoms with Crippen molar-refractivity contribution in [2.24, 2.45) is 5.41 Å². The smallest absolute Gasteiger partial charge is 0.226 e. The van der Waals surface area contributed by atoms with Gasteiger partial charge in [0.1, 0.15) is 0 Å². The van der Waals surface area contributed by atoms with Gasteiger partial charge in [-0.3, -0.25) is 4.79 Å². The van der Waals surface area contributed by atoms with E-state index in [2.05, 4.69) is 15.6 Å². The first-order valence-electron chi connectivity index (χ1n) is 5.11. The van der Waals surface area contributed by atoms with Crippen molar-refractivity contribution in [1.29, 1.82) is 0 Å². The van der Waals surface area contributed by atoms with Crippen LogP contribution in [0.4, 0.5) is 0 Å². The Balaban J connectivity index is 2.33. The van der Waals surface area contributed by atoms with E-state index in [0.29, 0.717) is 6.54 Å². The van der Waals surface area contributed by atoms with E-state index < -0.39 is 0 Å². The van der Waals surface area contributed by atoms with Gasteiger partial charge in [-0.2, -0.15) is 0 Å². The van der Waals surface area contributed by atoms with Gasteiger partial charge in [-0.05, 0) is 25.5 Å². The molecule has 0 fully saturated rings. The minimum atomic E-state index is -0.370. The molecule has 1 amide bonds. The van der Waals surface area contributed by atoms with Crippen LogP contribution >= 0.6 is 0 Å². The van der Waals surface area contributed by atoms with E-state index in [1.807, 2.05) is 32.3 Å². The molecule has 1 aromatic rings. The molecular weight excluding hydrogens is 190 g/mol. The van der Waals surface area contributed by atoms with Gasteiger partial charge in [-0.15, -0.1) is 0 Å². The summed E-state index contributed by atoms with van der Waals surface area (Å²) in [6.07, 6.45) is 3.83. The van der Waals surface area contributed by atoms with E-state index in [9.17, 15) is 4.79 Å². The average Bonchev–Trinajstić information content (AvgIpc) is 2.69. The molecule has 15 heavy (non-hydrogen) atoms. The largest absolute Gasteiger partial charge is 0.367 e. The van der Waals surface area contributed by atoms with Gasteiger partial charge in [0.2, 0.25) is 5.91 Å². The first-order valence-corrected chi connectivity index (χ1v) is 5.11. The number of aromatic amines is 1. The number of hydrogen-bond donors (Lipinski definition) is 3. The number of carbonyl (C=O) groups excluding carboxylic acids is 1. The van der Waals surface area contributed by atoms with Gasteiger partial charge in [0.15, 0.2) is 0 Å². The second-order valence-electron chi connectivity index (χ2n) is 4.29. The fourth-order valence-electron chi connectivity index (χ4n) is 1.41. The van der Waals surface area contributed by atoms with Gasteiger partial charge in [0.05, 0.1) is 5.41 Å². The Hall–Kier alpha value is -1.29. The number of aromatic nitrogens is 1. The maximum Gasteiger partial charge on any atom is 0.226 e. The molecule has 0 saturated carbocycles. The lowest BCUT2D eigenvalue weighted by Gasteiger charge is -2.22. The maximum absolute atomic E-state index is 11.5. The molecule has 0 bridgehead atoms. The topological polar surface area (TPSA) is 56.9 Å². The number of amides is 1. The summed E-state index contributed by atoms with van der Waals surface area (Å²) in [5.74, 6) is 0.0593. The van der Waals surface area contributed by atoms with Crippen molar-refractivity contribution in [3.05, 3.63) is 24.0 Å². The highest BCUT2D eigenvalue weighted by Crippen LogP contribution is 2.13. The second-order valence-corrected chi connectivity index (χ2v) is 4.29. The SMILES string of the molecule is CNC(=O)C(C)(C)CNCc1cc[nH]c1. The number of nitrogens with one attached hydrogen (secondary N) is 3. The molecule has 0 aromatic carbocycles. The molecule has 84 valence electrons. The molecular formula is C11H19N3O. The lowest BCUT2D eigenvalue weighted by atomic mass is 9.92. The summed E-state index contributed by atoms with van der Waals surface area (Å²) < 4.78 is 0. The maximum atomic E-state index is 11.5. The molecule has 3 N–H and O–H groups in total. The summed E-state index contributed by atoms with van der Waals surface area (Å²) in [6.45, 7) is 5.30. The summed E-state index contributed by atoms with van der Waals surface area (Å²) in [6, 6.07) is 2.01. The summed E-state index contributed by atoms with van der Waals surface area (Å²) >= 11 is 0. The van der Waals surface area contributed by atoms with Crippen molar-refractivity contribution < 1.29 is 4.79 Å². The summed E-state index contributed by atoms with van der Waals surface area (Å²) in [7, 11) is 1.66. The van der Waals surface area contributed by atoms with Crippen LogP contribution in [0.25, 0.3) is 0 Å². The van der Waals surface area contributed by atoms with E-state index in [1.54, 1.807) is 7.05 Å². The van der Waals surface area contributed by atoms with Crippen LogP contribution in [0.1, 0.15) is 19.4 Å². The third kappa shape index (κ3) is 3.40. The lowest BCUT2D eigenvalue weighted by Crippen LogP contribution is -2.41. The van der Waals surface area contributed by atoms with E-state index >= 15 is 0 Å². The van der Waals surface area contributed by atoms with Crippen LogP contribution in [0.3, 0.4) is 0 Å². The number of rotatable bonds is 5. The van der Waals surface area contributed by atoms with Crippen molar-refractivity contribution in [3.63, 3.8) is 0 Å². The van der Waals surface area contributed by atoms with Crippen LogP contribution in [0.5, 0.6) is 0 Å². The van der Waals surface area contributed by atoms with Gasteiger partial charge in [-0.25, -0.2) is 0 Å². The molecule has 0 radical (unpaired) electrons. The third-order valence-electron chi connectivity index (χ3n) is 2.40. The Morgan fingerprint density at radius 3 is 2.80 bits per heavy atom. The van der Waals surface area contributed by atoms with Crippen LogP contribution in [0.2, 0.25) is 0 Å². The van der Waals surface area contributed by atoms with Crippen LogP contribution in [-0.4, -0.2) is 24.5 Å². The van der Waals surface area contributed by atoms with E-state index in [1.165, 1.54) is 5.56 Å². The highest BCUT2D eigenvalue weighted by Gasteiger charge is 2.25. The molecule has 1 aromatic heterocycles. The van der Waals surface area contributed by atoms with Crippen LogP contribution < -0.4 is 10.6 Å². The monoisotopic (exact) mass is 209 g/mol. The quantitative estimate of drug-likeness (QED) is 0.674. The fourth-order valence-corrected chi connectivity index (χ4v) is 1.41. The molecule has 1 rings (SSSR count). The zero-order chi connectivity index (χ0) is 11.3. The normalized spacial score (nSPS) is 11.4. The van der Waals surface area contributed by atoms with Crippen LogP contribution in [-0.2, 0) is 11.3 Å². The Labute approximate surface area is 90.5 Å². The van der Waals surface area contributed by atoms with Crippen molar-refractivity contribution in [2.75, 3.05) is 13.6 Å². The molecule has 4 heteroatoms. The number of hydrogen-bond acceptors (Lipinski definition) is 2. The van der Waals surface area contributed by atoms with Crippen molar-refractivity contribution >= 4 is 5.91 Å². The predicted molar refractivity (Wildman–Crippen MR) is 60.3 cm³/mol. The molecule has 0 atom stereocenters. The molecule has 0 unspecified atom stereocenters. The third-order valence-corrected chi connectivity index (χ3v) is 2.40. The summed E-state index contributed by atoms with van der Waals surface area (Å²) in [4.78, 5) is 14.5. The molecule has 4 nitrogen and oxygen atoms in total. The standard InChI is InChI=1S/C11H19N3O/c1-11(2,10(15)12-3)8-14-7-9-4-5-13-6-9/h4-6,13-14H,7-8H2,1-3H3,(H,12,15). The molecule has 0 aliphatic heterocycles. The van der Waals surface area contributed by atoms with E-state index in [0.717, 1.165) is 6.54 Å². The molecule has 0 aliphatic carbocycles. The average molecular weight is 209 g/mol. The second kappa shape index (κ2) is 4.98. The van der Waals surface area contributed by atoms with Gasteiger partial charge in [-0.1, -0.05) is 0 Å². The first kappa shape index (κ1) is 11.8. The zero-order valence-electron chi connectivity index (χ0n) is 9.55. The Morgan fingerprint density at radius 1 is 1.53 bits per heavy atom. The highest BCUT2D eigenvalue weighted by molar-refractivity contribution is 5.81. The lowest BCUT2D eigenvalue weighted by molar-refractivity contribution is -0.128. The Morgan fingerprint density at radius 2 is 2.27 bits per heavy atom. The van der Waals surface area contributed by atoms with Crippen molar-refractivity contribution in [3.8, 4) is 0 Å². The Bertz CT molecular complexity index is 304. The summed E-state index contributed by atoms with van der Waals surface area (Å²) in [5, 5.41) is 5.93. The number of H-pyrrole nitrogens is 1. The van der Waals surface area contributed by atoms with Gasteiger partial charge >= 0.3 is 0 Å². The van der Waals surface area contributed by atoms with Gasteiger partial charge < -0.3 is 15.6 Å². The highest BCUT2D eigenvalue weighted by atomic mass is 16.2. The van der Waals surface area contributed by atoms with Crippen LogP contribution in [0.15, 0.2) is 18.5 Å². The molecule has 0 spiro atoms. The molecule has 0 saturated heterocycles.